The van der Waals surface area contributed by atoms with Gasteiger partial charge in [-0.15, -0.1) is 9.78 Å². The summed E-state index contributed by atoms with van der Waals surface area (Å²) in [5.41, 5.74) is 5.86. The Balaban J connectivity index is 0.00000119. The lowest BCUT2D eigenvalue weighted by atomic mass is 10.0. The van der Waals surface area contributed by atoms with Gasteiger partial charge in [0, 0.05) is 49.3 Å². The zero-order valence-corrected chi connectivity index (χ0v) is 23.2. The average Bonchev–Trinajstić information content (AvgIpc) is 3.37. The first-order chi connectivity index (χ1) is 20.6. The number of alkyl halides is 1. The Labute approximate surface area is 244 Å². The highest BCUT2D eigenvalue weighted by Gasteiger charge is 2.27. The molecule has 2 aromatic heterocycles. The maximum absolute atomic E-state index is 15.9. The normalized spacial score (nSPS) is 11.2. The number of ether oxygens (including phenoxy) is 3. The molecule has 228 valence electrons. The van der Waals surface area contributed by atoms with Crippen LogP contribution in [0.4, 0.5) is 14.5 Å². The summed E-state index contributed by atoms with van der Waals surface area (Å²) >= 11 is 0. The van der Waals surface area contributed by atoms with Crippen molar-refractivity contribution in [2.24, 2.45) is 5.73 Å². The number of halogens is 2. The molecule has 2 aromatic carbocycles. The van der Waals surface area contributed by atoms with Crippen LogP contribution >= 0.6 is 0 Å². The molecule has 43 heavy (non-hydrogen) atoms. The minimum Gasteiger partial charge on any atom is -0.491 e. The lowest BCUT2D eigenvalue weighted by Crippen LogP contribution is -2.18. The summed E-state index contributed by atoms with van der Waals surface area (Å²) in [6.07, 6.45) is 2.90. The van der Waals surface area contributed by atoms with Gasteiger partial charge in [0.05, 0.1) is 6.61 Å². The summed E-state index contributed by atoms with van der Waals surface area (Å²) < 4.78 is 45.7. The third-order valence-electron chi connectivity index (χ3n) is 5.40. The first-order valence-corrected chi connectivity index (χ1v) is 12.7. The van der Waals surface area contributed by atoms with E-state index in [0.717, 1.165) is 11.6 Å². The number of aliphatic carboxylic acids is 1. The Hall–Kier alpha value is -5.38. The molecule has 0 aliphatic carbocycles. The molecule has 0 bridgehead atoms. The maximum Gasteiger partial charge on any atom is 0.350 e. The Bertz CT molecular complexity index is 1560. The van der Waals surface area contributed by atoms with Gasteiger partial charge in [0.2, 0.25) is 0 Å². The van der Waals surface area contributed by atoms with Crippen molar-refractivity contribution in [2.75, 3.05) is 38.9 Å². The molecule has 0 aliphatic heterocycles. The number of hydrogen-bond acceptors (Lipinski definition) is 10. The molecule has 1 unspecified atom stereocenters. The lowest BCUT2D eigenvalue weighted by Gasteiger charge is -2.21. The Morgan fingerprint density at radius 2 is 1.84 bits per heavy atom. The summed E-state index contributed by atoms with van der Waals surface area (Å²) in [4.78, 5) is 32.5. The molecular weight excluding hydrogens is 570 g/mol. The van der Waals surface area contributed by atoms with Crippen LogP contribution in [-0.2, 0) is 9.53 Å². The van der Waals surface area contributed by atoms with Crippen LogP contribution in [0.1, 0.15) is 29.9 Å². The molecule has 16 heteroatoms. The van der Waals surface area contributed by atoms with E-state index < -0.39 is 30.2 Å². The van der Waals surface area contributed by atoms with Crippen LogP contribution < -0.4 is 26.2 Å². The molecule has 0 saturated carbocycles. The summed E-state index contributed by atoms with van der Waals surface area (Å²) in [6, 6.07) is 9.65. The van der Waals surface area contributed by atoms with Gasteiger partial charge in [-0.1, -0.05) is 0 Å². The second kappa shape index (κ2) is 15.6. The number of nitrogen functional groups attached to an aromatic ring is 1. The van der Waals surface area contributed by atoms with Crippen molar-refractivity contribution < 1.29 is 32.9 Å². The minimum atomic E-state index is -1.09. The van der Waals surface area contributed by atoms with Gasteiger partial charge in [-0.2, -0.15) is 0 Å². The third kappa shape index (κ3) is 9.06. The first kappa shape index (κ1) is 32.1. The number of benzene rings is 2. The number of aromatic nitrogens is 5. The fourth-order valence-electron chi connectivity index (χ4n) is 3.60. The molecule has 6 N–H and O–H groups in total. The molecule has 1 atom stereocenters. The standard InChI is InChI=1S/C25H26F2N8O4.C2H4O2/c1-37-11-12-39-19-14-17(38-10-7-26)13-18(20(19)27)21(32-16-5-3-15(4-6-16)22(28)29)23-33-25(36)35(34-23)24-30-8-2-9-31-24;1-2(3)4/h2-6,8-9,13-14,21,32H,7,10-12H2,1H3,(H3,28,29)(H,33,34,36);1H3,(H,3,4). The van der Waals surface area contributed by atoms with Crippen molar-refractivity contribution >= 4 is 17.5 Å². The van der Waals surface area contributed by atoms with E-state index >= 15 is 4.39 Å². The molecule has 14 nitrogen and oxygen atoms in total. The van der Waals surface area contributed by atoms with Gasteiger partial charge >= 0.3 is 5.69 Å². The predicted molar refractivity (Wildman–Crippen MR) is 151 cm³/mol. The van der Waals surface area contributed by atoms with Gasteiger partial charge in [-0.3, -0.25) is 15.2 Å². The van der Waals surface area contributed by atoms with Gasteiger partial charge in [0.1, 0.15) is 37.5 Å². The van der Waals surface area contributed by atoms with Gasteiger partial charge in [-0.05, 0) is 36.4 Å². The lowest BCUT2D eigenvalue weighted by molar-refractivity contribution is -0.134. The van der Waals surface area contributed by atoms with Crippen molar-refractivity contribution in [2.45, 2.75) is 13.0 Å². The molecule has 0 saturated heterocycles. The van der Waals surface area contributed by atoms with Crippen molar-refractivity contribution in [1.82, 2.24) is 24.7 Å². The van der Waals surface area contributed by atoms with Crippen LogP contribution in [0.2, 0.25) is 0 Å². The van der Waals surface area contributed by atoms with Crippen LogP contribution in [0, 0.1) is 11.2 Å². The van der Waals surface area contributed by atoms with Crippen molar-refractivity contribution in [1.29, 1.82) is 5.41 Å². The monoisotopic (exact) mass is 600 g/mol. The number of rotatable bonds is 13. The summed E-state index contributed by atoms with van der Waals surface area (Å²) in [7, 11) is 1.48. The van der Waals surface area contributed by atoms with E-state index in [-0.39, 0.29) is 54.5 Å². The molecule has 0 amide bonds. The van der Waals surface area contributed by atoms with Crippen molar-refractivity contribution in [3.05, 3.63) is 88.1 Å². The number of carboxylic acid groups (broad SMARTS) is 1. The number of hydrogen-bond donors (Lipinski definition) is 5. The van der Waals surface area contributed by atoms with E-state index in [2.05, 4.69) is 25.4 Å². The number of carbonyl (C=O) groups is 1. The smallest absolute Gasteiger partial charge is 0.350 e. The fourth-order valence-corrected chi connectivity index (χ4v) is 3.60. The molecule has 0 radical (unpaired) electrons. The van der Waals surface area contributed by atoms with E-state index in [1.165, 1.54) is 31.6 Å². The second-order valence-corrected chi connectivity index (χ2v) is 8.57. The maximum atomic E-state index is 15.9. The number of methoxy groups -OCH3 is 1. The molecule has 4 rings (SSSR count). The van der Waals surface area contributed by atoms with Gasteiger partial charge < -0.3 is 30.4 Å². The van der Waals surface area contributed by atoms with Crippen LogP contribution in [0.5, 0.6) is 11.5 Å². The molecular formula is C27H30F2N8O6. The second-order valence-electron chi connectivity index (χ2n) is 8.57. The molecule has 2 heterocycles. The van der Waals surface area contributed by atoms with E-state index in [4.69, 9.17) is 35.3 Å². The topological polar surface area (TPSA) is 203 Å². The average molecular weight is 601 g/mol. The number of nitrogens with two attached hydrogens (primary N) is 1. The zero-order chi connectivity index (χ0) is 31.4. The highest BCUT2D eigenvalue weighted by molar-refractivity contribution is 5.95. The Kier molecular flexibility index (Phi) is 11.6. The highest BCUT2D eigenvalue weighted by Crippen LogP contribution is 2.35. The van der Waals surface area contributed by atoms with E-state index in [1.807, 2.05) is 0 Å². The predicted octanol–water partition coefficient (Wildman–Crippen LogP) is 2.44. The number of amidine groups is 1. The van der Waals surface area contributed by atoms with Crippen LogP contribution in [0.3, 0.4) is 0 Å². The van der Waals surface area contributed by atoms with Gasteiger partial charge in [0.15, 0.2) is 17.4 Å². The number of H-pyrrole nitrogens is 1. The number of aromatic amines is 1. The van der Waals surface area contributed by atoms with Crippen molar-refractivity contribution in [3.63, 3.8) is 0 Å². The summed E-state index contributed by atoms with van der Waals surface area (Å²) in [6.45, 7) is 0.305. The minimum absolute atomic E-state index is 0.00991. The van der Waals surface area contributed by atoms with E-state index in [0.29, 0.717) is 11.3 Å². The van der Waals surface area contributed by atoms with E-state index in [9.17, 15) is 9.18 Å². The largest absolute Gasteiger partial charge is 0.491 e. The third-order valence-corrected chi connectivity index (χ3v) is 5.40. The molecule has 4 aromatic rings. The SMILES string of the molecule is CC(=O)O.COCCOc1cc(OCCF)cc(C(Nc2ccc(C(=N)N)cc2)c2nn(-c3ncccn3)c(=O)[nH]2)c1F. The molecule has 0 aliphatic rings. The highest BCUT2D eigenvalue weighted by atomic mass is 19.1. The number of anilines is 1. The van der Waals surface area contributed by atoms with Crippen LogP contribution in [-0.4, -0.2) is 75.2 Å². The summed E-state index contributed by atoms with van der Waals surface area (Å²) in [5.74, 6) is -1.70. The summed E-state index contributed by atoms with van der Waals surface area (Å²) in [5, 5.41) is 22.5. The molecule has 0 spiro atoms. The van der Waals surface area contributed by atoms with Gasteiger partial charge in [0.25, 0.3) is 11.9 Å². The Morgan fingerprint density at radius 1 is 1.16 bits per heavy atom. The fraction of sp³-hybridized carbons (Fsp3) is 0.259. The Morgan fingerprint density at radius 3 is 2.44 bits per heavy atom. The molecule has 0 fully saturated rings. The number of carboxylic acids is 1. The van der Waals surface area contributed by atoms with Gasteiger partial charge in [-0.25, -0.2) is 23.5 Å². The quantitative estimate of drug-likeness (QED) is 0.0856. The zero-order valence-electron chi connectivity index (χ0n) is 23.2. The number of nitrogens with zero attached hydrogens (tertiary/aromatic N) is 4. The van der Waals surface area contributed by atoms with Crippen molar-refractivity contribution in [3.8, 4) is 17.4 Å². The van der Waals surface area contributed by atoms with Crippen LogP contribution in [0.15, 0.2) is 59.7 Å². The number of nitrogens with one attached hydrogen (secondary N) is 3. The van der Waals surface area contributed by atoms with E-state index in [1.54, 1.807) is 30.3 Å². The first-order valence-electron chi connectivity index (χ1n) is 12.7. The van der Waals surface area contributed by atoms with Crippen LogP contribution in [0.25, 0.3) is 5.95 Å².